The van der Waals surface area contributed by atoms with E-state index in [9.17, 15) is 9.90 Å². The van der Waals surface area contributed by atoms with Crippen molar-refractivity contribution in [3.8, 4) is 11.5 Å². The van der Waals surface area contributed by atoms with Crippen molar-refractivity contribution in [1.82, 2.24) is 0 Å². The standard InChI is InChI=1S/C18H20O5/c1-4-23-16-11-7-14(8-12-16)18(21-2,22-3)17(20)13-5-9-15(19)10-6-13/h5-12,19H,4H2,1-3H3. The lowest BCUT2D eigenvalue weighted by molar-refractivity contribution is -0.176. The fourth-order valence-electron chi connectivity index (χ4n) is 2.38. The number of phenolic OH excluding ortho intramolecular Hbond substituents is 1. The lowest BCUT2D eigenvalue weighted by Gasteiger charge is -2.29. The highest BCUT2D eigenvalue weighted by atomic mass is 16.7. The van der Waals surface area contributed by atoms with Crippen molar-refractivity contribution in [3.63, 3.8) is 0 Å². The summed E-state index contributed by atoms with van der Waals surface area (Å²) in [7, 11) is 2.83. The van der Waals surface area contributed by atoms with Crippen LogP contribution in [0.5, 0.6) is 11.5 Å². The summed E-state index contributed by atoms with van der Waals surface area (Å²) in [6, 6.07) is 12.9. The first-order valence-electron chi connectivity index (χ1n) is 7.25. The van der Waals surface area contributed by atoms with Crippen molar-refractivity contribution in [3.05, 3.63) is 59.7 Å². The number of methoxy groups -OCH3 is 2. The molecule has 122 valence electrons. The summed E-state index contributed by atoms with van der Waals surface area (Å²) in [6.45, 7) is 2.46. The number of carbonyl (C=O) groups excluding carboxylic acids is 1. The lowest BCUT2D eigenvalue weighted by atomic mass is 9.95. The molecular weight excluding hydrogens is 296 g/mol. The Morgan fingerprint density at radius 3 is 2.04 bits per heavy atom. The van der Waals surface area contributed by atoms with Crippen molar-refractivity contribution in [2.24, 2.45) is 0 Å². The number of ketones is 1. The van der Waals surface area contributed by atoms with Crippen LogP contribution in [-0.4, -0.2) is 31.7 Å². The Balaban J connectivity index is 2.41. The SMILES string of the molecule is CCOc1ccc(C(OC)(OC)C(=O)c2ccc(O)cc2)cc1. The minimum atomic E-state index is -1.55. The number of Topliss-reactive ketones (excluding diaryl/α,β-unsaturated/α-hetero) is 1. The van der Waals surface area contributed by atoms with Gasteiger partial charge in [0.15, 0.2) is 0 Å². The van der Waals surface area contributed by atoms with Crippen molar-refractivity contribution < 1.29 is 24.1 Å². The molecule has 0 aliphatic rings. The maximum Gasteiger partial charge on any atom is 0.260 e. The minimum absolute atomic E-state index is 0.0862. The predicted molar refractivity (Wildman–Crippen MR) is 85.7 cm³/mol. The van der Waals surface area contributed by atoms with Gasteiger partial charge in [-0.2, -0.15) is 0 Å². The highest BCUT2D eigenvalue weighted by molar-refractivity contribution is 6.02. The zero-order chi connectivity index (χ0) is 16.9. The van der Waals surface area contributed by atoms with Gasteiger partial charge in [-0.15, -0.1) is 0 Å². The largest absolute Gasteiger partial charge is 0.508 e. The molecule has 0 saturated heterocycles. The molecule has 5 heteroatoms. The molecule has 0 fully saturated rings. The molecule has 0 spiro atoms. The maximum atomic E-state index is 12.9. The van der Waals surface area contributed by atoms with E-state index in [1.54, 1.807) is 24.3 Å². The number of benzene rings is 2. The van der Waals surface area contributed by atoms with Crippen LogP contribution in [0, 0.1) is 0 Å². The second kappa shape index (κ2) is 7.26. The number of ether oxygens (including phenoxy) is 3. The third kappa shape index (κ3) is 3.36. The van der Waals surface area contributed by atoms with Crippen LogP contribution in [0.1, 0.15) is 22.8 Å². The van der Waals surface area contributed by atoms with E-state index >= 15 is 0 Å². The Morgan fingerprint density at radius 2 is 1.57 bits per heavy atom. The third-order valence-electron chi connectivity index (χ3n) is 3.55. The highest BCUT2D eigenvalue weighted by Crippen LogP contribution is 2.32. The van der Waals surface area contributed by atoms with E-state index in [4.69, 9.17) is 14.2 Å². The zero-order valence-corrected chi connectivity index (χ0v) is 13.4. The van der Waals surface area contributed by atoms with Gasteiger partial charge in [0.2, 0.25) is 5.78 Å². The lowest BCUT2D eigenvalue weighted by Crippen LogP contribution is -2.40. The fraction of sp³-hybridized carbons (Fsp3) is 0.278. The summed E-state index contributed by atoms with van der Waals surface area (Å²) in [5, 5.41) is 9.37. The smallest absolute Gasteiger partial charge is 0.260 e. The number of rotatable bonds is 7. The molecule has 2 aromatic rings. The molecule has 2 aromatic carbocycles. The molecule has 2 rings (SSSR count). The molecule has 0 saturated carbocycles. The number of hydrogen-bond donors (Lipinski definition) is 1. The first-order chi connectivity index (χ1) is 11.1. The maximum absolute atomic E-state index is 12.9. The Hall–Kier alpha value is -2.37. The van der Waals surface area contributed by atoms with Gasteiger partial charge < -0.3 is 19.3 Å². The average Bonchev–Trinajstić information content (AvgIpc) is 2.58. The van der Waals surface area contributed by atoms with Crippen LogP contribution in [0.3, 0.4) is 0 Å². The second-order valence-corrected chi connectivity index (χ2v) is 4.86. The Kier molecular flexibility index (Phi) is 5.36. The van der Waals surface area contributed by atoms with Gasteiger partial charge in [0, 0.05) is 25.3 Å². The Bertz CT molecular complexity index is 642. The number of hydrogen-bond acceptors (Lipinski definition) is 5. The van der Waals surface area contributed by atoms with Crippen molar-refractivity contribution >= 4 is 5.78 Å². The molecule has 0 heterocycles. The normalized spacial score (nSPS) is 11.3. The van der Waals surface area contributed by atoms with Crippen LogP contribution in [0.4, 0.5) is 0 Å². The molecule has 23 heavy (non-hydrogen) atoms. The fourth-order valence-corrected chi connectivity index (χ4v) is 2.38. The second-order valence-electron chi connectivity index (χ2n) is 4.86. The average molecular weight is 316 g/mol. The number of phenols is 1. The molecular formula is C18H20O5. The van der Waals surface area contributed by atoms with E-state index in [0.717, 1.165) is 0 Å². The van der Waals surface area contributed by atoms with Gasteiger partial charge in [-0.25, -0.2) is 0 Å². The topological polar surface area (TPSA) is 65.0 Å². The van der Waals surface area contributed by atoms with Gasteiger partial charge in [-0.1, -0.05) is 0 Å². The van der Waals surface area contributed by atoms with Crippen molar-refractivity contribution in [2.45, 2.75) is 12.7 Å². The molecule has 0 atom stereocenters. The van der Waals surface area contributed by atoms with E-state index in [1.165, 1.54) is 38.5 Å². The van der Waals surface area contributed by atoms with Crippen LogP contribution in [0.15, 0.2) is 48.5 Å². The molecule has 0 amide bonds. The molecule has 0 bridgehead atoms. The van der Waals surface area contributed by atoms with Gasteiger partial charge in [0.1, 0.15) is 11.5 Å². The van der Waals surface area contributed by atoms with E-state index in [1.807, 2.05) is 6.92 Å². The van der Waals surface area contributed by atoms with Gasteiger partial charge in [0.05, 0.1) is 6.61 Å². The third-order valence-corrected chi connectivity index (χ3v) is 3.55. The first-order valence-corrected chi connectivity index (χ1v) is 7.25. The minimum Gasteiger partial charge on any atom is -0.508 e. The molecule has 0 aliphatic heterocycles. The first kappa shape index (κ1) is 17.0. The summed E-state index contributed by atoms with van der Waals surface area (Å²) in [5.41, 5.74) is 0.935. The van der Waals surface area contributed by atoms with Gasteiger partial charge in [-0.05, 0) is 55.5 Å². The molecule has 0 unspecified atom stereocenters. The molecule has 0 aliphatic carbocycles. The van der Waals surface area contributed by atoms with Gasteiger partial charge in [-0.3, -0.25) is 4.79 Å². The summed E-state index contributed by atoms with van der Waals surface area (Å²) in [6.07, 6.45) is 0. The molecule has 1 N–H and O–H groups in total. The zero-order valence-electron chi connectivity index (χ0n) is 13.4. The number of carbonyl (C=O) groups is 1. The van der Waals surface area contributed by atoms with Crippen LogP contribution < -0.4 is 4.74 Å². The monoisotopic (exact) mass is 316 g/mol. The van der Waals surface area contributed by atoms with Gasteiger partial charge >= 0.3 is 0 Å². The summed E-state index contributed by atoms with van der Waals surface area (Å²) in [4.78, 5) is 12.9. The van der Waals surface area contributed by atoms with Crippen LogP contribution >= 0.6 is 0 Å². The van der Waals surface area contributed by atoms with E-state index in [-0.39, 0.29) is 11.5 Å². The van der Waals surface area contributed by atoms with E-state index < -0.39 is 5.79 Å². The van der Waals surface area contributed by atoms with Crippen LogP contribution in [-0.2, 0) is 15.3 Å². The Labute approximate surface area is 135 Å². The van der Waals surface area contributed by atoms with Crippen molar-refractivity contribution in [2.75, 3.05) is 20.8 Å². The molecule has 0 radical (unpaired) electrons. The highest BCUT2D eigenvalue weighted by Gasteiger charge is 2.41. The van der Waals surface area contributed by atoms with Crippen molar-refractivity contribution in [1.29, 1.82) is 0 Å². The summed E-state index contributed by atoms with van der Waals surface area (Å²) < 4.78 is 16.3. The predicted octanol–water partition coefficient (Wildman–Crippen LogP) is 3.12. The quantitative estimate of drug-likeness (QED) is 0.628. The van der Waals surface area contributed by atoms with Crippen LogP contribution in [0.25, 0.3) is 0 Å². The Morgan fingerprint density at radius 1 is 1.00 bits per heavy atom. The van der Waals surface area contributed by atoms with E-state index in [0.29, 0.717) is 23.5 Å². The van der Waals surface area contributed by atoms with Gasteiger partial charge in [0.25, 0.3) is 5.79 Å². The van der Waals surface area contributed by atoms with E-state index in [2.05, 4.69) is 0 Å². The molecule has 0 aromatic heterocycles. The molecule has 5 nitrogen and oxygen atoms in total. The summed E-state index contributed by atoms with van der Waals surface area (Å²) in [5.74, 6) is -1.12. The van der Waals surface area contributed by atoms with Crippen LogP contribution in [0.2, 0.25) is 0 Å². The number of aromatic hydroxyl groups is 1. The summed E-state index contributed by atoms with van der Waals surface area (Å²) >= 11 is 0.